The molecule has 0 radical (unpaired) electrons. The Morgan fingerprint density at radius 3 is 2.46 bits per heavy atom. The maximum atomic E-state index is 12.5. The Morgan fingerprint density at radius 2 is 1.81 bits per heavy atom. The Morgan fingerprint density at radius 1 is 1.11 bits per heavy atom. The highest BCUT2D eigenvalue weighted by Crippen LogP contribution is 2.37. The normalized spacial score (nSPS) is 13.1. The lowest BCUT2D eigenvalue weighted by molar-refractivity contribution is -0.384. The van der Waals surface area contributed by atoms with Gasteiger partial charge in [0, 0.05) is 36.5 Å². The molecule has 0 spiro atoms. The first-order chi connectivity index (χ1) is 17.9. The summed E-state index contributed by atoms with van der Waals surface area (Å²) in [6.45, 7) is 4.60. The molecule has 37 heavy (non-hydrogen) atoms. The quantitative estimate of drug-likeness (QED) is 0.192. The highest BCUT2D eigenvalue weighted by Gasteiger charge is 2.14. The largest absolute Gasteiger partial charge is 0.490 e. The number of rotatable bonds is 10. The molecule has 0 aromatic heterocycles. The molecule has 192 valence electrons. The summed E-state index contributed by atoms with van der Waals surface area (Å²) in [6.07, 6.45) is 3.93. The average molecular weight is 567 g/mol. The Bertz CT molecular complexity index is 1270. The summed E-state index contributed by atoms with van der Waals surface area (Å²) < 4.78 is 12.3. The Kier molecular flexibility index (Phi) is 8.73. The summed E-state index contributed by atoms with van der Waals surface area (Å²) in [5, 5.41) is 14.9. The van der Waals surface area contributed by atoms with E-state index in [1.54, 1.807) is 36.4 Å². The molecule has 1 amide bonds. The second-order valence-corrected chi connectivity index (χ2v) is 9.27. The third kappa shape index (κ3) is 6.85. The van der Waals surface area contributed by atoms with Crippen LogP contribution in [0.4, 0.5) is 11.4 Å². The van der Waals surface area contributed by atoms with Crippen LogP contribution in [0.2, 0.25) is 0 Å². The van der Waals surface area contributed by atoms with Crippen LogP contribution in [0.25, 0.3) is 0 Å². The van der Waals surface area contributed by atoms with E-state index in [0.717, 1.165) is 24.3 Å². The third-order valence-corrected chi connectivity index (χ3v) is 6.43. The maximum absolute atomic E-state index is 12.5. The number of carbonyl (C=O) groups is 1. The van der Waals surface area contributed by atoms with E-state index in [1.807, 2.05) is 19.1 Å². The van der Waals surface area contributed by atoms with Gasteiger partial charge in [-0.25, -0.2) is 5.43 Å². The predicted octanol–water partition coefficient (Wildman–Crippen LogP) is 5.70. The molecule has 3 aromatic carbocycles. The number of halogens is 1. The lowest BCUT2D eigenvalue weighted by Gasteiger charge is -2.17. The van der Waals surface area contributed by atoms with E-state index < -0.39 is 4.92 Å². The van der Waals surface area contributed by atoms with Crippen LogP contribution in [0, 0.1) is 10.1 Å². The van der Waals surface area contributed by atoms with Gasteiger partial charge in [-0.2, -0.15) is 5.10 Å². The van der Waals surface area contributed by atoms with Gasteiger partial charge in [0.1, 0.15) is 6.61 Å². The van der Waals surface area contributed by atoms with Crippen molar-refractivity contribution in [1.29, 1.82) is 0 Å². The van der Waals surface area contributed by atoms with E-state index in [-0.39, 0.29) is 18.2 Å². The van der Waals surface area contributed by atoms with Crippen molar-refractivity contribution in [3.05, 3.63) is 91.9 Å². The predicted molar refractivity (Wildman–Crippen MR) is 146 cm³/mol. The minimum atomic E-state index is -0.442. The van der Waals surface area contributed by atoms with E-state index >= 15 is 0 Å². The van der Waals surface area contributed by atoms with Gasteiger partial charge in [0.15, 0.2) is 11.5 Å². The van der Waals surface area contributed by atoms with E-state index in [2.05, 4.69) is 31.4 Å². The number of nitro benzene ring substituents is 1. The number of benzene rings is 3. The highest BCUT2D eigenvalue weighted by molar-refractivity contribution is 9.10. The van der Waals surface area contributed by atoms with Crippen LogP contribution < -0.4 is 19.8 Å². The monoisotopic (exact) mass is 566 g/mol. The number of anilines is 1. The summed E-state index contributed by atoms with van der Waals surface area (Å²) in [5.74, 6) is 0.708. The van der Waals surface area contributed by atoms with Gasteiger partial charge in [-0.1, -0.05) is 0 Å². The zero-order valence-corrected chi connectivity index (χ0v) is 21.9. The van der Waals surface area contributed by atoms with Crippen molar-refractivity contribution in [3.8, 4) is 11.5 Å². The van der Waals surface area contributed by atoms with Gasteiger partial charge >= 0.3 is 0 Å². The van der Waals surface area contributed by atoms with Crippen molar-refractivity contribution < 1.29 is 19.2 Å². The number of non-ortho nitro benzene ring substituents is 1. The van der Waals surface area contributed by atoms with Crippen molar-refractivity contribution in [2.24, 2.45) is 5.10 Å². The molecule has 0 bridgehead atoms. The fourth-order valence-electron chi connectivity index (χ4n) is 3.96. The first-order valence-corrected chi connectivity index (χ1v) is 12.7. The van der Waals surface area contributed by atoms with Crippen LogP contribution in [0.3, 0.4) is 0 Å². The van der Waals surface area contributed by atoms with Gasteiger partial charge in [-0.15, -0.1) is 0 Å². The fraction of sp³-hybridized carbons (Fsp3) is 0.259. The number of nitrogens with one attached hydrogen (secondary N) is 1. The number of hydrogen-bond donors (Lipinski definition) is 1. The molecule has 9 nitrogen and oxygen atoms in total. The van der Waals surface area contributed by atoms with Gasteiger partial charge in [0.05, 0.1) is 22.2 Å². The molecule has 3 aromatic rings. The molecular formula is C27H27BrN4O5. The molecule has 1 aliphatic heterocycles. The van der Waals surface area contributed by atoms with Crippen molar-refractivity contribution in [2.75, 3.05) is 24.6 Å². The van der Waals surface area contributed by atoms with Gasteiger partial charge in [0.2, 0.25) is 0 Å². The standard InChI is InChI=1S/C27H27BrN4O5/c1-2-36-25-16-20(15-24(28)26(25)37-18-19-5-9-23(10-6-19)32(34)35)17-29-30-27(33)21-7-11-22(12-8-21)31-13-3-4-14-31/h5-12,15-17H,2-4,13-14,18H2,1H3,(H,30,33)/b29-17-. The minimum Gasteiger partial charge on any atom is -0.490 e. The Hall–Kier alpha value is -3.92. The summed E-state index contributed by atoms with van der Waals surface area (Å²) in [6, 6.07) is 17.3. The first kappa shape index (κ1) is 26.2. The van der Waals surface area contributed by atoms with Crippen LogP contribution in [0.5, 0.6) is 11.5 Å². The molecule has 0 unspecified atom stereocenters. The summed E-state index contributed by atoms with van der Waals surface area (Å²) in [4.78, 5) is 25.2. The summed E-state index contributed by atoms with van der Waals surface area (Å²) in [7, 11) is 0. The van der Waals surface area contributed by atoms with Gasteiger partial charge in [-0.05, 0) is 95.4 Å². The smallest absolute Gasteiger partial charge is 0.271 e. The van der Waals surface area contributed by atoms with Crippen molar-refractivity contribution in [2.45, 2.75) is 26.4 Å². The molecule has 0 saturated carbocycles. The van der Waals surface area contributed by atoms with Crippen molar-refractivity contribution >= 4 is 39.4 Å². The number of ether oxygens (including phenoxy) is 2. The molecule has 1 heterocycles. The van der Waals surface area contributed by atoms with Crippen molar-refractivity contribution in [1.82, 2.24) is 5.43 Å². The molecule has 1 fully saturated rings. The lowest BCUT2D eigenvalue weighted by Crippen LogP contribution is -2.19. The lowest BCUT2D eigenvalue weighted by atomic mass is 10.2. The Balaban J connectivity index is 1.39. The van der Waals surface area contributed by atoms with Crippen LogP contribution in [0.15, 0.2) is 70.2 Å². The molecular weight excluding hydrogens is 540 g/mol. The van der Waals surface area contributed by atoms with Crippen molar-refractivity contribution in [3.63, 3.8) is 0 Å². The van der Waals surface area contributed by atoms with E-state index in [0.29, 0.717) is 33.7 Å². The highest BCUT2D eigenvalue weighted by atomic mass is 79.9. The van der Waals surface area contributed by atoms with Crippen LogP contribution in [-0.2, 0) is 6.61 Å². The van der Waals surface area contributed by atoms with Crippen LogP contribution >= 0.6 is 15.9 Å². The second kappa shape index (κ2) is 12.4. The number of amides is 1. The van der Waals surface area contributed by atoms with Crippen LogP contribution in [-0.4, -0.2) is 36.7 Å². The molecule has 1 N–H and O–H groups in total. The molecule has 4 rings (SSSR count). The topological polar surface area (TPSA) is 106 Å². The number of nitrogens with zero attached hydrogens (tertiary/aromatic N) is 3. The van der Waals surface area contributed by atoms with Gasteiger partial charge < -0.3 is 14.4 Å². The van der Waals surface area contributed by atoms with Crippen LogP contribution in [0.1, 0.15) is 41.3 Å². The van der Waals surface area contributed by atoms with Gasteiger partial charge in [-0.3, -0.25) is 14.9 Å². The SMILES string of the molecule is CCOc1cc(/C=N\NC(=O)c2ccc(N3CCCC3)cc2)cc(Br)c1OCc1ccc([N+](=O)[O-])cc1. The maximum Gasteiger partial charge on any atom is 0.271 e. The number of hydrogen-bond acceptors (Lipinski definition) is 7. The number of hydrazone groups is 1. The fourth-order valence-corrected chi connectivity index (χ4v) is 4.54. The molecule has 0 aliphatic carbocycles. The Labute approximate surface area is 223 Å². The number of nitro groups is 1. The number of carbonyl (C=O) groups excluding carboxylic acids is 1. The molecule has 0 atom stereocenters. The minimum absolute atomic E-state index is 0.0229. The third-order valence-electron chi connectivity index (χ3n) is 5.84. The first-order valence-electron chi connectivity index (χ1n) is 12.0. The van der Waals surface area contributed by atoms with E-state index in [9.17, 15) is 14.9 Å². The average Bonchev–Trinajstić information content (AvgIpc) is 3.44. The van der Waals surface area contributed by atoms with Gasteiger partial charge in [0.25, 0.3) is 11.6 Å². The zero-order valence-electron chi connectivity index (χ0n) is 20.4. The van der Waals surface area contributed by atoms with E-state index in [4.69, 9.17) is 9.47 Å². The summed E-state index contributed by atoms with van der Waals surface area (Å²) in [5.41, 5.74) is 5.72. The molecule has 10 heteroatoms. The van der Waals surface area contributed by atoms with E-state index in [1.165, 1.54) is 31.2 Å². The second-order valence-electron chi connectivity index (χ2n) is 8.42. The summed E-state index contributed by atoms with van der Waals surface area (Å²) >= 11 is 3.52. The molecule has 1 aliphatic rings. The molecule has 1 saturated heterocycles. The zero-order chi connectivity index (χ0) is 26.2.